The Hall–Kier alpha value is -1.73. The molecule has 2 unspecified atom stereocenters. The number of ether oxygens (including phenoxy) is 1. The molecule has 1 heterocycles. The van der Waals surface area contributed by atoms with Crippen LogP contribution < -0.4 is 16.2 Å². The molecule has 2 rings (SSSR count). The van der Waals surface area contributed by atoms with E-state index in [1.54, 1.807) is 14.2 Å². The van der Waals surface area contributed by atoms with Crippen LogP contribution in [0.1, 0.15) is 17.7 Å². The first-order valence-electron chi connectivity index (χ1n) is 6.20. The second-order valence-electron chi connectivity index (χ2n) is 4.54. The average Bonchev–Trinajstić information content (AvgIpc) is 2.76. The number of hydrogen-bond acceptors (Lipinski definition) is 5. The Morgan fingerprint density at radius 3 is 2.50 bits per heavy atom. The summed E-state index contributed by atoms with van der Waals surface area (Å²) in [4.78, 5) is 11.4. The van der Waals surface area contributed by atoms with Gasteiger partial charge in [0.2, 0.25) is 0 Å². The molecule has 0 fully saturated rings. The Morgan fingerprint density at radius 1 is 1.40 bits per heavy atom. The minimum Gasteiger partial charge on any atom is -0.497 e. The van der Waals surface area contributed by atoms with E-state index in [9.17, 15) is 4.79 Å². The molecule has 7 heteroatoms. The molecule has 1 aromatic heterocycles. The maximum atomic E-state index is 11.4. The van der Waals surface area contributed by atoms with Crippen molar-refractivity contribution in [2.24, 2.45) is 12.8 Å². The number of thioether (sulfide) groups is 1. The smallest absolute Gasteiger partial charge is 0.343 e. The lowest BCUT2D eigenvalue weighted by molar-refractivity contribution is 0.414. The third-order valence-electron chi connectivity index (χ3n) is 2.99. The van der Waals surface area contributed by atoms with Gasteiger partial charge in [-0.3, -0.25) is 4.57 Å². The highest BCUT2D eigenvalue weighted by molar-refractivity contribution is 7.99. The van der Waals surface area contributed by atoms with E-state index in [0.29, 0.717) is 5.16 Å². The first-order valence-corrected chi connectivity index (χ1v) is 7.08. The third-order valence-corrected chi connectivity index (χ3v) is 4.52. The number of rotatable bonds is 5. The Balaban J connectivity index is 2.26. The Kier molecular flexibility index (Phi) is 4.51. The summed E-state index contributed by atoms with van der Waals surface area (Å²) >= 11 is 1.47. The minimum absolute atomic E-state index is 0.00908. The zero-order valence-electron chi connectivity index (χ0n) is 11.7. The summed E-state index contributed by atoms with van der Waals surface area (Å²) in [5, 5.41) is 7.06. The summed E-state index contributed by atoms with van der Waals surface area (Å²) in [6.07, 6.45) is 0. The summed E-state index contributed by atoms with van der Waals surface area (Å²) in [6.45, 7) is 1.94. The van der Waals surface area contributed by atoms with E-state index in [2.05, 4.69) is 10.2 Å². The number of nitrogens with two attached hydrogens (primary N) is 1. The van der Waals surface area contributed by atoms with Crippen molar-refractivity contribution in [2.45, 2.75) is 23.4 Å². The van der Waals surface area contributed by atoms with Crippen LogP contribution in [0.25, 0.3) is 0 Å². The zero-order chi connectivity index (χ0) is 14.7. The molecule has 3 N–H and O–H groups in total. The Morgan fingerprint density at radius 2 is 2.05 bits per heavy atom. The molecule has 2 atom stereocenters. The molecule has 1 aromatic carbocycles. The fraction of sp³-hybridized carbons (Fsp3) is 0.385. The van der Waals surface area contributed by atoms with Gasteiger partial charge in [0.05, 0.1) is 12.4 Å². The number of methoxy groups -OCH3 is 1. The van der Waals surface area contributed by atoms with Gasteiger partial charge in [0.15, 0.2) is 5.16 Å². The first kappa shape index (κ1) is 14.7. The number of hydrogen-bond donors (Lipinski definition) is 2. The predicted octanol–water partition coefficient (Wildman–Crippen LogP) is 1.30. The van der Waals surface area contributed by atoms with E-state index in [1.165, 1.54) is 16.3 Å². The molecule has 6 nitrogen and oxygen atoms in total. The second kappa shape index (κ2) is 6.15. The number of H-pyrrole nitrogens is 1. The van der Waals surface area contributed by atoms with Gasteiger partial charge in [-0.2, -0.15) is 0 Å². The van der Waals surface area contributed by atoms with Gasteiger partial charge in [-0.1, -0.05) is 23.9 Å². The average molecular weight is 294 g/mol. The minimum atomic E-state index is -0.231. The molecule has 0 spiro atoms. The summed E-state index contributed by atoms with van der Waals surface area (Å²) in [7, 11) is 3.31. The molecule has 0 aliphatic carbocycles. The molecule has 108 valence electrons. The monoisotopic (exact) mass is 294 g/mol. The van der Waals surface area contributed by atoms with Crippen LogP contribution in [0, 0.1) is 0 Å². The number of aromatic amines is 1. The lowest BCUT2D eigenvalue weighted by atomic mass is 10.1. The summed E-state index contributed by atoms with van der Waals surface area (Å²) in [5.41, 5.74) is 6.91. The summed E-state index contributed by atoms with van der Waals surface area (Å²) in [6, 6.07) is 7.67. The maximum Gasteiger partial charge on any atom is 0.343 e. The Bertz CT molecular complexity index is 618. The lowest BCUT2D eigenvalue weighted by Crippen LogP contribution is -2.23. The van der Waals surface area contributed by atoms with Crippen LogP contribution in [-0.2, 0) is 7.05 Å². The van der Waals surface area contributed by atoms with Crippen LogP contribution in [0.4, 0.5) is 0 Å². The van der Waals surface area contributed by atoms with Crippen molar-refractivity contribution in [3.63, 3.8) is 0 Å². The van der Waals surface area contributed by atoms with Gasteiger partial charge < -0.3 is 10.5 Å². The molecule has 0 radical (unpaired) electrons. The van der Waals surface area contributed by atoms with Gasteiger partial charge >= 0.3 is 5.69 Å². The number of nitrogens with one attached hydrogen (secondary N) is 1. The van der Waals surface area contributed by atoms with Gasteiger partial charge in [-0.25, -0.2) is 9.89 Å². The van der Waals surface area contributed by atoms with E-state index in [4.69, 9.17) is 10.5 Å². The molecule has 0 amide bonds. The highest BCUT2D eigenvalue weighted by Gasteiger charge is 2.20. The molecular weight excluding hydrogens is 276 g/mol. The van der Waals surface area contributed by atoms with Gasteiger partial charge in [-0.15, -0.1) is 5.10 Å². The number of aromatic nitrogens is 3. The third kappa shape index (κ3) is 3.05. The highest BCUT2D eigenvalue weighted by Crippen LogP contribution is 2.36. The van der Waals surface area contributed by atoms with Gasteiger partial charge in [0.25, 0.3) is 0 Å². The van der Waals surface area contributed by atoms with Crippen LogP contribution >= 0.6 is 11.8 Å². The van der Waals surface area contributed by atoms with Crippen molar-refractivity contribution in [3.8, 4) is 5.75 Å². The van der Waals surface area contributed by atoms with Gasteiger partial charge in [0.1, 0.15) is 5.75 Å². The fourth-order valence-corrected chi connectivity index (χ4v) is 2.90. The quantitative estimate of drug-likeness (QED) is 0.812. The van der Waals surface area contributed by atoms with Crippen molar-refractivity contribution < 1.29 is 4.74 Å². The van der Waals surface area contributed by atoms with E-state index >= 15 is 0 Å². The molecule has 0 saturated carbocycles. The second-order valence-corrected chi connectivity index (χ2v) is 5.65. The molecule has 2 aromatic rings. The van der Waals surface area contributed by atoms with Crippen LogP contribution in [0.3, 0.4) is 0 Å². The largest absolute Gasteiger partial charge is 0.497 e. The summed E-state index contributed by atoms with van der Waals surface area (Å²) in [5.74, 6) is 0.800. The predicted molar refractivity (Wildman–Crippen MR) is 79.1 cm³/mol. The number of benzene rings is 1. The van der Waals surface area contributed by atoms with Crippen molar-refractivity contribution >= 4 is 11.8 Å². The van der Waals surface area contributed by atoms with Gasteiger partial charge in [-0.05, 0) is 24.6 Å². The Labute approximate surface area is 121 Å². The fourth-order valence-electron chi connectivity index (χ4n) is 1.82. The summed E-state index contributed by atoms with van der Waals surface area (Å²) < 4.78 is 6.63. The normalized spacial score (nSPS) is 14.0. The maximum absolute atomic E-state index is 11.4. The standard InChI is InChI=1S/C13H18N4O2S/c1-8(14)11(9-4-6-10(19-3)7-5-9)20-13-16-15-12(18)17(13)2/h4-8,11H,14H2,1-3H3,(H,15,18). The van der Waals surface area contributed by atoms with Crippen molar-refractivity contribution in [1.29, 1.82) is 0 Å². The zero-order valence-corrected chi connectivity index (χ0v) is 12.5. The van der Waals surface area contributed by atoms with E-state index in [0.717, 1.165) is 11.3 Å². The molecule has 0 aliphatic rings. The van der Waals surface area contributed by atoms with Crippen LogP contribution in [-0.4, -0.2) is 27.9 Å². The van der Waals surface area contributed by atoms with Crippen molar-refractivity contribution in [2.75, 3.05) is 7.11 Å². The topological polar surface area (TPSA) is 85.9 Å². The highest BCUT2D eigenvalue weighted by atomic mass is 32.2. The lowest BCUT2D eigenvalue weighted by Gasteiger charge is -2.20. The van der Waals surface area contributed by atoms with Gasteiger partial charge in [0, 0.05) is 13.1 Å². The van der Waals surface area contributed by atoms with Crippen molar-refractivity contribution in [1.82, 2.24) is 14.8 Å². The molecule has 20 heavy (non-hydrogen) atoms. The van der Waals surface area contributed by atoms with Crippen LogP contribution in [0.5, 0.6) is 5.75 Å². The molecular formula is C13H18N4O2S. The van der Waals surface area contributed by atoms with E-state index in [1.807, 2.05) is 31.2 Å². The number of nitrogens with zero attached hydrogens (tertiary/aromatic N) is 2. The van der Waals surface area contributed by atoms with E-state index < -0.39 is 0 Å². The van der Waals surface area contributed by atoms with Crippen LogP contribution in [0.2, 0.25) is 0 Å². The van der Waals surface area contributed by atoms with Crippen molar-refractivity contribution in [3.05, 3.63) is 40.3 Å². The van der Waals surface area contributed by atoms with Crippen LogP contribution in [0.15, 0.2) is 34.2 Å². The molecule has 0 bridgehead atoms. The molecule has 0 saturated heterocycles. The molecule has 0 aliphatic heterocycles. The first-order chi connectivity index (χ1) is 9.52. The SMILES string of the molecule is COc1ccc(C(Sc2n[nH]c(=O)n2C)C(C)N)cc1. The van der Waals surface area contributed by atoms with E-state index in [-0.39, 0.29) is 17.0 Å².